The van der Waals surface area contributed by atoms with Crippen molar-refractivity contribution < 1.29 is 29.3 Å². The molecule has 5 rings (SSSR count). The summed E-state index contributed by atoms with van der Waals surface area (Å²) in [5, 5.41) is 26.0. The van der Waals surface area contributed by atoms with Gasteiger partial charge >= 0.3 is 0 Å². The molecule has 0 heterocycles. The third-order valence-corrected chi connectivity index (χ3v) is 9.81. The highest BCUT2D eigenvalue weighted by molar-refractivity contribution is 6.25. The van der Waals surface area contributed by atoms with Crippen molar-refractivity contribution in [3.63, 3.8) is 0 Å². The lowest BCUT2D eigenvalue weighted by Crippen LogP contribution is -2.64. The zero-order valence-corrected chi connectivity index (χ0v) is 25.0. The van der Waals surface area contributed by atoms with Gasteiger partial charge in [0, 0.05) is 51.0 Å². The quantitative estimate of drug-likeness (QED) is 0.348. The Morgan fingerprint density at radius 1 is 1.22 bits per heavy atom. The first kappa shape index (κ1) is 29.3. The summed E-state index contributed by atoms with van der Waals surface area (Å²) in [5.74, 6) is -2.77. The highest BCUT2D eigenvalue weighted by Crippen LogP contribution is 2.55. The first-order chi connectivity index (χ1) is 19.3. The van der Waals surface area contributed by atoms with Crippen molar-refractivity contribution in [3.05, 3.63) is 45.2 Å². The number of Topliss-reactive ketones (excluding diaryl/α,β-unsaturated/α-hetero) is 2. The molecule has 5 atom stereocenters. The molecular formula is C31H42N4O6. The summed E-state index contributed by atoms with van der Waals surface area (Å²) in [6.45, 7) is 4.43. The van der Waals surface area contributed by atoms with Crippen LogP contribution < -0.4 is 16.0 Å². The lowest BCUT2D eigenvalue weighted by molar-refractivity contribution is -0.148. The Morgan fingerprint density at radius 3 is 2.41 bits per heavy atom. The van der Waals surface area contributed by atoms with Gasteiger partial charge in [0.25, 0.3) is 5.91 Å². The molecule has 0 aliphatic heterocycles. The van der Waals surface area contributed by atoms with Crippen molar-refractivity contribution >= 4 is 23.2 Å². The maximum Gasteiger partial charge on any atom is 0.255 e. The second-order valence-electron chi connectivity index (χ2n) is 12.6. The number of aliphatic hydroxyl groups is 1. The number of benzene rings is 1. The largest absolute Gasteiger partial charge is 0.510 e. The molecule has 4 aliphatic rings. The molecule has 222 valence electrons. The van der Waals surface area contributed by atoms with Crippen molar-refractivity contribution in [2.45, 2.75) is 63.8 Å². The highest BCUT2D eigenvalue weighted by atomic mass is 16.5. The number of hydrogen-bond donors (Lipinski definition) is 4. The number of aromatic hydroxyl groups is 1. The number of amides is 1. The molecule has 0 aromatic heterocycles. The van der Waals surface area contributed by atoms with E-state index in [1.54, 1.807) is 32.0 Å². The first-order valence-electron chi connectivity index (χ1n) is 14.3. The fourth-order valence-corrected chi connectivity index (χ4v) is 7.82. The van der Waals surface area contributed by atoms with Gasteiger partial charge in [-0.05, 0) is 88.2 Å². The number of ketones is 2. The monoisotopic (exact) mass is 566 g/mol. The Kier molecular flexibility index (Phi) is 7.33. The topological polar surface area (TPSA) is 145 Å². The molecular weight excluding hydrogens is 524 g/mol. The van der Waals surface area contributed by atoms with E-state index in [0.717, 1.165) is 16.8 Å². The molecule has 1 aromatic carbocycles. The van der Waals surface area contributed by atoms with E-state index in [1.165, 1.54) is 20.0 Å². The lowest BCUT2D eigenvalue weighted by Gasteiger charge is -2.53. The Hall–Kier alpha value is -3.21. The number of phenolic OH excluding ortho intramolecular Hbond substituents is 1. The van der Waals surface area contributed by atoms with E-state index in [9.17, 15) is 24.6 Å². The van der Waals surface area contributed by atoms with Crippen LogP contribution in [0.15, 0.2) is 28.5 Å². The molecule has 10 heteroatoms. The number of fused-ring (bicyclic) bond motifs is 3. The number of nitrogens with two attached hydrogens (primary N) is 1. The van der Waals surface area contributed by atoms with Crippen LogP contribution in [0.4, 0.5) is 5.69 Å². The maximum absolute atomic E-state index is 14.3. The van der Waals surface area contributed by atoms with Crippen LogP contribution in [0, 0.1) is 17.8 Å². The molecule has 1 aromatic rings. The van der Waals surface area contributed by atoms with E-state index >= 15 is 0 Å². The van der Waals surface area contributed by atoms with Gasteiger partial charge in [0.05, 0.1) is 11.6 Å². The van der Waals surface area contributed by atoms with Gasteiger partial charge in [-0.25, -0.2) is 0 Å². The van der Waals surface area contributed by atoms with Crippen LogP contribution >= 0.6 is 0 Å². The number of phenols is 1. The lowest BCUT2D eigenvalue weighted by atomic mass is 9.56. The Labute approximate surface area is 241 Å². The number of aliphatic hydroxyl groups excluding tert-OH is 1. The Bertz CT molecular complexity index is 1390. The van der Waals surface area contributed by atoms with Gasteiger partial charge in [0.2, 0.25) is 5.78 Å². The molecule has 1 amide bonds. The smallest absolute Gasteiger partial charge is 0.255 e. The van der Waals surface area contributed by atoms with Gasteiger partial charge in [0.1, 0.15) is 17.1 Å². The predicted molar refractivity (Wildman–Crippen MR) is 155 cm³/mol. The van der Waals surface area contributed by atoms with Crippen molar-refractivity contribution in [2.24, 2.45) is 23.5 Å². The number of allylic oxidation sites excluding steroid dienone is 1. The molecule has 1 saturated carbocycles. The fraction of sp³-hybridized carbons (Fsp3) is 0.581. The van der Waals surface area contributed by atoms with E-state index < -0.39 is 34.8 Å². The van der Waals surface area contributed by atoms with E-state index in [2.05, 4.69) is 12.2 Å². The number of anilines is 1. The summed E-state index contributed by atoms with van der Waals surface area (Å²) in [7, 11) is 8.78. The van der Waals surface area contributed by atoms with E-state index in [1.807, 2.05) is 19.0 Å². The van der Waals surface area contributed by atoms with Crippen LogP contribution in [0.1, 0.15) is 54.6 Å². The zero-order chi connectivity index (χ0) is 30.1. The number of ether oxygens (including phenoxy) is 1. The molecule has 10 nitrogen and oxygen atoms in total. The third kappa shape index (κ3) is 4.30. The van der Waals surface area contributed by atoms with Crippen LogP contribution in [0.3, 0.4) is 0 Å². The number of primary amides is 1. The molecule has 0 saturated heterocycles. The Morgan fingerprint density at radius 2 is 1.88 bits per heavy atom. The van der Waals surface area contributed by atoms with E-state index in [0.29, 0.717) is 42.5 Å². The van der Waals surface area contributed by atoms with Crippen molar-refractivity contribution in [1.29, 1.82) is 0 Å². The minimum Gasteiger partial charge on any atom is -0.510 e. The van der Waals surface area contributed by atoms with Gasteiger partial charge in [-0.2, -0.15) is 0 Å². The second kappa shape index (κ2) is 10.3. The maximum atomic E-state index is 14.3. The number of methoxy groups -OCH3 is 1. The number of carbonyl (C=O) groups is 3. The van der Waals surface area contributed by atoms with Crippen molar-refractivity contribution in [1.82, 2.24) is 10.2 Å². The molecule has 0 bridgehead atoms. The van der Waals surface area contributed by atoms with Gasteiger partial charge in [-0.15, -0.1) is 0 Å². The van der Waals surface area contributed by atoms with Gasteiger partial charge in [-0.1, -0.05) is 0 Å². The molecule has 0 unspecified atom stereocenters. The van der Waals surface area contributed by atoms with Gasteiger partial charge < -0.3 is 30.9 Å². The average molecular weight is 567 g/mol. The first-order valence-corrected chi connectivity index (χ1v) is 14.3. The van der Waals surface area contributed by atoms with E-state index in [-0.39, 0.29) is 28.8 Å². The van der Waals surface area contributed by atoms with Crippen LogP contribution in [0.5, 0.6) is 5.75 Å². The summed E-state index contributed by atoms with van der Waals surface area (Å²) in [4.78, 5) is 44.4. The minimum atomic E-state index is -1.66. The predicted octanol–water partition coefficient (Wildman–Crippen LogP) is 2.23. The molecule has 5 N–H and O–H groups in total. The third-order valence-electron chi connectivity index (χ3n) is 9.81. The fourth-order valence-electron chi connectivity index (χ4n) is 7.82. The Balaban J connectivity index is 1.67. The van der Waals surface area contributed by atoms with Gasteiger partial charge in [-0.3, -0.25) is 19.3 Å². The second-order valence-corrected chi connectivity index (χ2v) is 12.6. The van der Waals surface area contributed by atoms with Gasteiger partial charge in [0.15, 0.2) is 11.4 Å². The highest BCUT2D eigenvalue weighted by Gasteiger charge is 2.62. The van der Waals surface area contributed by atoms with Crippen LogP contribution in [0.25, 0.3) is 0 Å². The summed E-state index contributed by atoms with van der Waals surface area (Å²) in [6.07, 6.45) is 3.27. The summed E-state index contributed by atoms with van der Waals surface area (Å²) in [5.41, 5.74) is 7.08. The summed E-state index contributed by atoms with van der Waals surface area (Å²) < 4.78 is 5.97. The van der Waals surface area contributed by atoms with E-state index in [4.69, 9.17) is 10.5 Å². The zero-order valence-electron chi connectivity index (χ0n) is 25.0. The molecule has 1 fully saturated rings. The molecule has 4 aliphatic carbocycles. The number of nitrogens with zero attached hydrogens (tertiary/aromatic N) is 2. The molecule has 0 radical (unpaired) electrons. The standard InChI is InChI=1S/C31H42N4O6/c1-14-22-17(11-20-26(35(5)6)28(38)24(30(32)40)29(39)31(14,20)41-7)10-19-23(27(22)37)21(36)12-18(25(19)34(3)4)13-33-15(2)16-8-9-16/h12,15-17,20,26,33,36,38H,8-11,13H2,1-7H3,(H2,32,40)/t15-,17+,20+,26+,31-/m1/s1. The number of rotatable bonds is 8. The SMILES string of the molecule is CO[C@@]12C(=O)C(C(N)=O)=C(O)[C@@H](N(C)C)[C@@H]1C[C@@H]1Cc3c(c(O)cc(CN[C@H](C)C4CC4)c3N(C)C)C(=O)C1=C2C. The number of nitrogens with one attached hydrogen (secondary N) is 1. The van der Waals surface area contributed by atoms with Crippen molar-refractivity contribution in [3.8, 4) is 5.75 Å². The van der Waals surface area contributed by atoms with Crippen LogP contribution in [-0.4, -0.2) is 85.6 Å². The van der Waals surface area contributed by atoms with Crippen LogP contribution in [0.2, 0.25) is 0 Å². The summed E-state index contributed by atoms with van der Waals surface area (Å²) >= 11 is 0. The van der Waals surface area contributed by atoms with Crippen LogP contribution in [-0.2, 0) is 27.3 Å². The number of likely N-dealkylation sites (N-methyl/N-ethyl adjacent to an activating group) is 1. The van der Waals surface area contributed by atoms with Crippen molar-refractivity contribution in [2.75, 3.05) is 40.2 Å². The number of hydrogen-bond acceptors (Lipinski definition) is 9. The minimum absolute atomic E-state index is 0.0877. The molecule has 41 heavy (non-hydrogen) atoms. The molecule has 0 spiro atoms. The number of carbonyl (C=O) groups excluding carboxylic acids is 3. The normalized spacial score (nSPS) is 28.4. The average Bonchev–Trinajstić information content (AvgIpc) is 3.72. The summed E-state index contributed by atoms with van der Waals surface area (Å²) in [6, 6.07) is 1.30.